The number of anilines is 1. The molecule has 0 saturated carbocycles. The summed E-state index contributed by atoms with van der Waals surface area (Å²) in [7, 11) is 0. The van der Waals surface area contributed by atoms with Crippen LogP contribution in [0.5, 0.6) is 5.75 Å². The van der Waals surface area contributed by atoms with Gasteiger partial charge in [0.2, 0.25) is 5.91 Å². The molecule has 1 atom stereocenters. The van der Waals surface area contributed by atoms with Gasteiger partial charge in [-0.1, -0.05) is 35.9 Å². The standard InChI is InChI=1S/C19H20ClNO4/c1-3-25-18-14(5-4-6-16(18)20)11-17(22)21-15-9-7-13(8-10-15)12(2)19(23)24/h4-10,12H,3,11H2,1-2H3,(H,21,22)(H,23,24). The van der Waals surface area contributed by atoms with Crippen LogP contribution in [0.1, 0.15) is 30.9 Å². The first-order valence-electron chi connectivity index (χ1n) is 7.95. The number of halogens is 1. The van der Waals surface area contributed by atoms with Gasteiger partial charge in [0.1, 0.15) is 5.75 Å². The third-order valence-corrected chi connectivity index (χ3v) is 4.05. The van der Waals surface area contributed by atoms with Crippen molar-refractivity contribution in [1.29, 1.82) is 0 Å². The Hall–Kier alpha value is -2.53. The Kier molecular flexibility index (Phi) is 6.42. The molecule has 5 nitrogen and oxygen atoms in total. The van der Waals surface area contributed by atoms with Gasteiger partial charge in [0, 0.05) is 11.3 Å². The van der Waals surface area contributed by atoms with Crippen LogP contribution >= 0.6 is 11.6 Å². The van der Waals surface area contributed by atoms with Gasteiger partial charge in [0.05, 0.1) is 24.0 Å². The van der Waals surface area contributed by atoms with Gasteiger partial charge in [-0.25, -0.2) is 0 Å². The molecule has 0 aliphatic carbocycles. The van der Waals surface area contributed by atoms with Crippen LogP contribution in [-0.2, 0) is 16.0 Å². The highest BCUT2D eigenvalue weighted by molar-refractivity contribution is 6.32. The van der Waals surface area contributed by atoms with Gasteiger partial charge in [-0.05, 0) is 37.6 Å². The van der Waals surface area contributed by atoms with E-state index in [1.807, 2.05) is 6.92 Å². The number of aliphatic carboxylic acids is 1. The first-order valence-corrected chi connectivity index (χ1v) is 8.33. The fourth-order valence-electron chi connectivity index (χ4n) is 2.37. The van der Waals surface area contributed by atoms with E-state index in [2.05, 4.69) is 5.32 Å². The number of carbonyl (C=O) groups excluding carboxylic acids is 1. The summed E-state index contributed by atoms with van der Waals surface area (Å²) in [5, 5.41) is 12.3. The summed E-state index contributed by atoms with van der Waals surface area (Å²) in [6.45, 7) is 3.93. The number of carboxylic acid groups (broad SMARTS) is 1. The van der Waals surface area contributed by atoms with Crippen LogP contribution in [0.25, 0.3) is 0 Å². The van der Waals surface area contributed by atoms with Crippen LogP contribution in [0.15, 0.2) is 42.5 Å². The second kappa shape index (κ2) is 8.53. The molecule has 2 aromatic carbocycles. The van der Waals surface area contributed by atoms with Crippen LogP contribution in [0.3, 0.4) is 0 Å². The van der Waals surface area contributed by atoms with Gasteiger partial charge >= 0.3 is 5.97 Å². The number of hydrogen-bond donors (Lipinski definition) is 2. The molecule has 0 saturated heterocycles. The van der Waals surface area contributed by atoms with Crippen molar-refractivity contribution in [3.8, 4) is 5.75 Å². The van der Waals surface area contributed by atoms with E-state index >= 15 is 0 Å². The number of ether oxygens (including phenoxy) is 1. The summed E-state index contributed by atoms with van der Waals surface area (Å²) < 4.78 is 5.52. The Morgan fingerprint density at radius 3 is 2.48 bits per heavy atom. The minimum absolute atomic E-state index is 0.128. The number of carbonyl (C=O) groups is 2. The predicted molar refractivity (Wildman–Crippen MR) is 97.4 cm³/mol. The molecule has 2 N–H and O–H groups in total. The normalized spacial score (nSPS) is 11.6. The van der Waals surface area contributed by atoms with E-state index in [0.717, 1.165) is 0 Å². The summed E-state index contributed by atoms with van der Waals surface area (Å²) in [5.41, 5.74) is 1.99. The van der Waals surface area contributed by atoms with E-state index in [1.54, 1.807) is 49.4 Å². The molecule has 0 spiro atoms. The lowest BCUT2D eigenvalue weighted by molar-refractivity contribution is -0.138. The van der Waals surface area contributed by atoms with E-state index in [9.17, 15) is 9.59 Å². The summed E-state index contributed by atoms with van der Waals surface area (Å²) in [5.74, 6) is -1.17. The topological polar surface area (TPSA) is 75.6 Å². The number of carboxylic acids is 1. The number of benzene rings is 2. The lowest BCUT2D eigenvalue weighted by Gasteiger charge is -2.12. The second-order valence-electron chi connectivity index (χ2n) is 5.57. The zero-order valence-electron chi connectivity index (χ0n) is 14.1. The molecule has 0 radical (unpaired) electrons. The third kappa shape index (κ3) is 4.97. The minimum atomic E-state index is -0.888. The van der Waals surface area contributed by atoms with Crippen molar-refractivity contribution in [2.75, 3.05) is 11.9 Å². The summed E-state index contributed by atoms with van der Waals surface area (Å²) >= 11 is 6.12. The Morgan fingerprint density at radius 1 is 1.20 bits per heavy atom. The third-order valence-electron chi connectivity index (χ3n) is 3.75. The Labute approximate surface area is 151 Å². The van der Waals surface area contributed by atoms with Crippen molar-refractivity contribution in [2.45, 2.75) is 26.2 Å². The molecule has 0 heterocycles. The second-order valence-corrected chi connectivity index (χ2v) is 5.98. The molecular weight excluding hydrogens is 342 g/mol. The highest BCUT2D eigenvalue weighted by Crippen LogP contribution is 2.29. The molecule has 6 heteroatoms. The lowest BCUT2D eigenvalue weighted by atomic mass is 10.0. The summed E-state index contributed by atoms with van der Waals surface area (Å²) in [6.07, 6.45) is 0.128. The van der Waals surface area contributed by atoms with Crippen molar-refractivity contribution < 1.29 is 19.4 Å². The van der Waals surface area contributed by atoms with Gasteiger partial charge in [0.25, 0.3) is 0 Å². The van der Waals surface area contributed by atoms with Gasteiger partial charge in [0.15, 0.2) is 0 Å². The Bertz CT molecular complexity index is 759. The van der Waals surface area contributed by atoms with Crippen LogP contribution < -0.4 is 10.1 Å². The molecule has 0 fully saturated rings. The maximum absolute atomic E-state index is 12.3. The van der Waals surface area contributed by atoms with Crippen molar-refractivity contribution in [3.05, 3.63) is 58.6 Å². The molecule has 0 aliphatic heterocycles. The molecule has 0 bridgehead atoms. The Morgan fingerprint density at radius 2 is 1.88 bits per heavy atom. The number of amides is 1. The van der Waals surface area contributed by atoms with Crippen LogP contribution in [0.4, 0.5) is 5.69 Å². The fourth-order valence-corrected chi connectivity index (χ4v) is 2.62. The average molecular weight is 362 g/mol. The maximum Gasteiger partial charge on any atom is 0.310 e. The molecule has 0 aliphatic rings. The molecule has 25 heavy (non-hydrogen) atoms. The van der Waals surface area contributed by atoms with Gasteiger partial charge in [-0.15, -0.1) is 0 Å². The molecule has 132 valence electrons. The number of rotatable bonds is 7. The van der Waals surface area contributed by atoms with Crippen molar-refractivity contribution in [2.24, 2.45) is 0 Å². The zero-order valence-corrected chi connectivity index (χ0v) is 14.8. The van der Waals surface area contributed by atoms with E-state index in [-0.39, 0.29) is 12.3 Å². The van der Waals surface area contributed by atoms with Crippen molar-refractivity contribution in [3.63, 3.8) is 0 Å². The summed E-state index contributed by atoms with van der Waals surface area (Å²) in [4.78, 5) is 23.3. The zero-order chi connectivity index (χ0) is 18.4. The smallest absolute Gasteiger partial charge is 0.310 e. The largest absolute Gasteiger partial charge is 0.492 e. The number of para-hydroxylation sites is 1. The van der Waals surface area contributed by atoms with Crippen molar-refractivity contribution >= 4 is 29.2 Å². The van der Waals surface area contributed by atoms with Gasteiger partial charge < -0.3 is 15.2 Å². The van der Waals surface area contributed by atoms with Crippen LogP contribution in [0.2, 0.25) is 5.02 Å². The van der Waals surface area contributed by atoms with E-state index in [4.69, 9.17) is 21.4 Å². The quantitative estimate of drug-likeness (QED) is 0.778. The highest BCUT2D eigenvalue weighted by atomic mass is 35.5. The van der Waals surface area contributed by atoms with E-state index in [1.165, 1.54) is 0 Å². The minimum Gasteiger partial charge on any atom is -0.492 e. The lowest BCUT2D eigenvalue weighted by Crippen LogP contribution is -2.15. The molecule has 1 unspecified atom stereocenters. The van der Waals surface area contributed by atoms with Crippen LogP contribution in [0, 0.1) is 0 Å². The fraction of sp³-hybridized carbons (Fsp3) is 0.263. The first kappa shape index (κ1) is 18.8. The molecule has 1 amide bonds. The highest BCUT2D eigenvalue weighted by Gasteiger charge is 2.14. The predicted octanol–water partition coefficient (Wildman–Crippen LogP) is 4.11. The van der Waals surface area contributed by atoms with E-state index in [0.29, 0.717) is 34.2 Å². The molecule has 2 rings (SSSR count). The van der Waals surface area contributed by atoms with E-state index < -0.39 is 11.9 Å². The van der Waals surface area contributed by atoms with Crippen molar-refractivity contribution in [1.82, 2.24) is 0 Å². The van der Waals surface area contributed by atoms with Crippen LogP contribution in [-0.4, -0.2) is 23.6 Å². The number of hydrogen-bond acceptors (Lipinski definition) is 3. The van der Waals surface area contributed by atoms with Gasteiger partial charge in [-0.3, -0.25) is 9.59 Å². The molecule has 2 aromatic rings. The summed E-state index contributed by atoms with van der Waals surface area (Å²) in [6, 6.07) is 12.1. The van der Waals surface area contributed by atoms with Gasteiger partial charge in [-0.2, -0.15) is 0 Å². The monoisotopic (exact) mass is 361 g/mol. The molecule has 0 aromatic heterocycles. The Balaban J connectivity index is 2.06. The average Bonchev–Trinajstić information content (AvgIpc) is 2.58. The first-order chi connectivity index (χ1) is 11.9. The molecular formula is C19H20ClNO4. The number of nitrogens with one attached hydrogen (secondary N) is 1. The maximum atomic E-state index is 12.3. The SMILES string of the molecule is CCOc1c(Cl)cccc1CC(=O)Nc1ccc(C(C)C(=O)O)cc1.